The number of hydrogen-bond donors (Lipinski definition) is 2. The maximum Gasteiger partial charge on any atom is 0.0620 e. The lowest BCUT2D eigenvalue weighted by Crippen LogP contribution is -2.45. The Morgan fingerprint density at radius 3 is 3.15 bits per heavy atom. The molecule has 0 amide bonds. The second-order valence-electron chi connectivity index (χ2n) is 6.17. The molecule has 0 radical (unpaired) electrons. The Labute approximate surface area is 122 Å². The van der Waals surface area contributed by atoms with Crippen molar-refractivity contribution in [3.05, 3.63) is 35.4 Å². The molecule has 1 fully saturated rings. The van der Waals surface area contributed by atoms with Crippen LogP contribution in [0.2, 0.25) is 0 Å². The highest BCUT2D eigenvalue weighted by molar-refractivity contribution is 5.32. The van der Waals surface area contributed by atoms with Gasteiger partial charge in [-0.2, -0.15) is 0 Å². The van der Waals surface area contributed by atoms with Gasteiger partial charge >= 0.3 is 0 Å². The minimum atomic E-state index is 0.505. The maximum atomic E-state index is 5.54. The summed E-state index contributed by atoms with van der Waals surface area (Å²) in [6.45, 7) is 5.00. The predicted octanol–water partition coefficient (Wildman–Crippen LogP) is 2.42. The van der Waals surface area contributed by atoms with E-state index in [1.54, 1.807) is 0 Å². The lowest BCUT2D eigenvalue weighted by molar-refractivity contribution is 0.0706. The summed E-state index contributed by atoms with van der Waals surface area (Å²) in [6.07, 6.45) is 4.93. The SMILES string of the molecule is CC(CC1COCCN1)NC1CCCc2ccccc21. The number of ether oxygens (including phenoxy) is 1. The summed E-state index contributed by atoms with van der Waals surface area (Å²) in [6, 6.07) is 10.5. The van der Waals surface area contributed by atoms with E-state index in [1.807, 2.05) is 0 Å². The Hall–Kier alpha value is -0.900. The van der Waals surface area contributed by atoms with E-state index in [2.05, 4.69) is 41.8 Å². The van der Waals surface area contributed by atoms with Crippen molar-refractivity contribution >= 4 is 0 Å². The van der Waals surface area contributed by atoms with Crippen LogP contribution in [0.5, 0.6) is 0 Å². The van der Waals surface area contributed by atoms with E-state index in [0.717, 1.165) is 26.2 Å². The van der Waals surface area contributed by atoms with E-state index >= 15 is 0 Å². The molecular formula is C17H26N2O. The topological polar surface area (TPSA) is 33.3 Å². The summed E-state index contributed by atoms with van der Waals surface area (Å²) in [4.78, 5) is 0. The zero-order valence-corrected chi connectivity index (χ0v) is 12.4. The van der Waals surface area contributed by atoms with Crippen LogP contribution in [0, 0.1) is 0 Å². The van der Waals surface area contributed by atoms with Crippen molar-refractivity contribution in [2.75, 3.05) is 19.8 Å². The molecule has 3 heteroatoms. The van der Waals surface area contributed by atoms with Crippen LogP contribution in [0.3, 0.4) is 0 Å². The molecule has 1 aromatic carbocycles. The van der Waals surface area contributed by atoms with Crippen LogP contribution in [-0.2, 0) is 11.2 Å². The van der Waals surface area contributed by atoms with Crippen molar-refractivity contribution in [3.8, 4) is 0 Å². The van der Waals surface area contributed by atoms with Gasteiger partial charge in [-0.25, -0.2) is 0 Å². The fourth-order valence-corrected chi connectivity index (χ4v) is 3.54. The number of morpholine rings is 1. The number of aryl methyl sites for hydroxylation is 1. The number of benzene rings is 1. The largest absolute Gasteiger partial charge is 0.379 e. The first kappa shape index (κ1) is 14.1. The van der Waals surface area contributed by atoms with Gasteiger partial charge in [-0.15, -0.1) is 0 Å². The zero-order chi connectivity index (χ0) is 13.8. The second-order valence-corrected chi connectivity index (χ2v) is 6.17. The Kier molecular flexibility index (Phi) is 4.71. The second kappa shape index (κ2) is 6.70. The van der Waals surface area contributed by atoms with Crippen LogP contribution in [0.25, 0.3) is 0 Å². The van der Waals surface area contributed by atoms with Crippen LogP contribution < -0.4 is 10.6 Å². The quantitative estimate of drug-likeness (QED) is 0.884. The first-order valence-electron chi connectivity index (χ1n) is 7.98. The highest BCUT2D eigenvalue weighted by atomic mass is 16.5. The molecule has 3 nitrogen and oxygen atoms in total. The minimum absolute atomic E-state index is 0.505. The number of hydrogen-bond acceptors (Lipinski definition) is 3. The molecular weight excluding hydrogens is 248 g/mol. The molecule has 1 aromatic rings. The molecule has 1 heterocycles. The Balaban J connectivity index is 1.57. The average Bonchev–Trinajstić information content (AvgIpc) is 2.48. The van der Waals surface area contributed by atoms with Crippen molar-refractivity contribution in [1.29, 1.82) is 0 Å². The Morgan fingerprint density at radius 1 is 1.40 bits per heavy atom. The van der Waals surface area contributed by atoms with Gasteiger partial charge in [-0.1, -0.05) is 24.3 Å². The van der Waals surface area contributed by atoms with Crippen LogP contribution in [-0.4, -0.2) is 31.8 Å². The molecule has 3 rings (SSSR count). The number of nitrogens with one attached hydrogen (secondary N) is 2. The molecule has 2 aliphatic rings. The van der Waals surface area contributed by atoms with Gasteiger partial charge in [-0.05, 0) is 43.7 Å². The standard InChI is InChI=1S/C17H26N2O/c1-13(11-15-12-20-10-9-18-15)19-17-8-4-6-14-5-2-3-7-16(14)17/h2-3,5,7,13,15,17-19H,4,6,8-12H2,1H3. The van der Waals surface area contributed by atoms with Crippen LogP contribution >= 0.6 is 0 Å². The third-order valence-corrected chi connectivity index (χ3v) is 4.49. The molecule has 0 bridgehead atoms. The van der Waals surface area contributed by atoms with Crippen LogP contribution in [0.4, 0.5) is 0 Å². The predicted molar refractivity (Wildman–Crippen MR) is 81.9 cm³/mol. The van der Waals surface area contributed by atoms with Crippen molar-refractivity contribution < 1.29 is 4.74 Å². The van der Waals surface area contributed by atoms with E-state index in [1.165, 1.54) is 30.4 Å². The van der Waals surface area contributed by atoms with Crippen LogP contribution in [0.15, 0.2) is 24.3 Å². The first-order chi connectivity index (χ1) is 9.83. The minimum Gasteiger partial charge on any atom is -0.379 e. The van der Waals surface area contributed by atoms with Crippen molar-refractivity contribution in [2.45, 2.75) is 50.7 Å². The summed E-state index contributed by atoms with van der Waals surface area (Å²) < 4.78 is 5.54. The summed E-state index contributed by atoms with van der Waals surface area (Å²) in [5.74, 6) is 0. The maximum absolute atomic E-state index is 5.54. The van der Waals surface area contributed by atoms with Crippen LogP contribution in [0.1, 0.15) is 43.4 Å². The zero-order valence-electron chi connectivity index (χ0n) is 12.4. The third-order valence-electron chi connectivity index (χ3n) is 4.49. The molecule has 110 valence electrons. The van der Waals surface area contributed by atoms with Gasteiger partial charge in [0, 0.05) is 24.7 Å². The molecule has 0 spiro atoms. The molecule has 1 saturated heterocycles. The molecule has 0 aromatic heterocycles. The Morgan fingerprint density at radius 2 is 2.30 bits per heavy atom. The number of fused-ring (bicyclic) bond motifs is 1. The van der Waals surface area contributed by atoms with Gasteiger partial charge in [0.1, 0.15) is 0 Å². The van der Waals surface area contributed by atoms with Gasteiger partial charge < -0.3 is 15.4 Å². The van der Waals surface area contributed by atoms with E-state index in [9.17, 15) is 0 Å². The van der Waals surface area contributed by atoms with Gasteiger partial charge in [0.05, 0.1) is 13.2 Å². The smallest absolute Gasteiger partial charge is 0.0620 e. The highest BCUT2D eigenvalue weighted by Crippen LogP contribution is 2.30. The van der Waals surface area contributed by atoms with E-state index in [0.29, 0.717) is 18.1 Å². The average molecular weight is 274 g/mol. The summed E-state index contributed by atoms with van der Waals surface area (Å²) in [5.41, 5.74) is 3.04. The normalized spacial score (nSPS) is 27.9. The third kappa shape index (κ3) is 3.40. The molecule has 2 N–H and O–H groups in total. The van der Waals surface area contributed by atoms with Crippen molar-refractivity contribution in [1.82, 2.24) is 10.6 Å². The molecule has 20 heavy (non-hydrogen) atoms. The monoisotopic (exact) mass is 274 g/mol. The lowest BCUT2D eigenvalue weighted by atomic mass is 9.87. The van der Waals surface area contributed by atoms with Crippen molar-refractivity contribution in [2.24, 2.45) is 0 Å². The molecule has 1 aliphatic carbocycles. The number of rotatable bonds is 4. The fraction of sp³-hybridized carbons (Fsp3) is 0.647. The lowest BCUT2D eigenvalue weighted by Gasteiger charge is -2.32. The van der Waals surface area contributed by atoms with E-state index in [4.69, 9.17) is 4.74 Å². The highest BCUT2D eigenvalue weighted by Gasteiger charge is 2.23. The van der Waals surface area contributed by atoms with E-state index < -0.39 is 0 Å². The van der Waals surface area contributed by atoms with Crippen molar-refractivity contribution in [3.63, 3.8) is 0 Å². The molecule has 3 atom stereocenters. The van der Waals surface area contributed by atoms with Gasteiger partial charge in [-0.3, -0.25) is 0 Å². The van der Waals surface area contributed by atoms with E-state index in [-0.39, 0.29) is 0 Å². The van der Waals surface area contributed by atoms with Gasteiger partial charge in [0.25, 0.3) is 0 Å². The molecule has 1 aliphatic heterocycles. The first-order valence-corrected chi connectivity index (χ1v) is 7.98. The summed E-state index contributed by atoms with van der Waals surface area (Å²) >= 11 is 0. The fourth-order valence-electron chi connectivity index (χ4n) is 3.54. The summed E-state index contributed by atoms with van der Waals surface area (Å²) in [7, 11) is 0. The molecule has 3 unspecified atom stereocenters. The van der Waals surface area contributed by atoms with Gasteiger partial charge in [0.15, 0.2) is 0 Å². The molecule has 0 saturated carbocycles. The Bertz CT molecular complexity index is 429. The van der Waals surface area contributed by atoms with Gasteiger partial charge in [0.2, 0.25) is 0 Å². The summed E-state index contributed by atoms with van der Waals surface area (Å²) in [5, 5.41) is 7.37.